The van der Waals surface area contributed by atoms with Gasteiger partial charge in [-0.05, 0) is 20.3 Å². The van der Waals surface area contributed by atoms with Gasteiger partial charge in [-0.15, -0.1) is 12.4 Å². The summed E-state index contributed by atoms with van der Waals surface area (Å²) in [6.07, 6.45) is 1.02. The molecule has 0 aromatic carbocycles. The standard InChI is InChI=1S/C7H15NOS.ClH/c1-4-5-10-6(9)7(2,3)8;/h4-5,8H2,1-3H3;1H. The number of carbonyl (C=O) groups excluding carboxylic acids is 1. The fraction of sp³-hybridized carbons (Fsp3) is 0.857. The molecule has 0 atom stereocenters. The first-order chi connectivity index (χ1) is 4.48. The summed E-state index contributed by atoms with van der Waals surface area (Å²) >= 11 is 1.32. The van der Waals surface area contributed by atoms with Gasteiger partial charge >= 0.3 is 0 Å². The summed E-state index contributed by atoms with van der Waals surface area (Å²) < 4.78 is 0. The molecule has 0 saturated carbocycles. The van der Waals surface area contributed by atoms with Crippen molar-refractivity contribution in [1.29, 1.82) is 0 Å². The zero-order chi connectivity index (χ0) is 8.20. The first kappa shape index (κ1) is 13.8. The molecular formula is C7H16ClNOS. The van der Waals surface area contributed by atoms with Crippen molar-refractivity contribution in [2.75, 3.05) is 5.75 Å². The number of carbonyl (C=O) groups is 1. The molecule has 0 saturated heterocycles. The van der Waals surface area contributed by atoms with Crippen LogP contribution in [0, 0.1) is 0 Å². The van der Waals surface area contributed by atoms with Gasteiger partial charge in [-0.2, -0.15) is 0 Å². The van der Waals surface area contributed by atoms with Crippen LogP contribution < -0.4 is 5.73 Å². The van der Waals surface area contributed by atoms with Crippen molar-refractivity contribution in [3.05, 3.63) is 0 Å². The highest BCUT2D eigenvalue weighted by molar-refractivity contribution is 8.13. The second-order valence-electron chi connectivity index (χ2n) is 2.86. The average Bonchev–Trinajstić information content (AvgIpc) is 1.80. The quantitative estimate of drug-likeness (QED) is 0.751. The second kappa shape index (κ2) is 5.86. The van der Waals surface area contributed by atoms with Crippen molar-refractivity contribution in [1.82, 2.24) is 0 Å². The summed E-state index contributed by atoms with van der Waals surface area (Å²) in [5, 5.41) is 0.0781. The Labute approximate surface area is 78.7 Å². The van der Waals surface area contributed by atoms with E-state index < -0.39 is 5.54 Å². The molecule has 2 nitrogen and oxygen atoms in total. The van der Waals surface area contributed by atoms with E-state index in [1.54, 1.807) is 13.8 Å². The SMILES string of the molecule is CCCSC(=O)C(C)(C)N.Cl. The van der Waals surface area contributed by atoms with Gasteiger partial charge in [-0.25, -0.2) is 0 Å². The van der Waals surface area contributed by atoms with Crippen molar-refractivity contribution in [3.8, 4) is 0 Å². The maximum atomic E-state index is 11.1. The smallest absolute Gasteiger partial charge is 0.208 e. The monoisotopic (exact) mass is 197 g/mol. The zero-order valence-electron chi connectivity index (χ0n) is 7.22. The minimum Gasteiger partial charge on any atom is -0.319 e. The Hall–Kier alpha value is 0.270. The highest BCUT2D eigenvalue weighted by Gasteiger charge is 2.21. The van der Waals surface area contributed by atoms with Gasteiger partial charge in [-0.1, -0.05) is 18.7 Å². The fourth-order valence-corrected chi connectivity index (χ4v) is 1.14. The van der Waals surface area contributed by atoms with Gasteiger partial charge in [0.05, 0.1) is 5.54 Å². The van der Waals surface area contributed by atoms with E-state index in [0.717, 1.165) is 12.2 Å². The largest absolute Gasteiger partial charge is 0.319 e. The molecule has 0 spiro atoms. The predicted octanol–water partition coefficient (Wildman–Crippen LogP) is 1.82. The molecule has 0 aliphatic heterocycles. The molecule has 0 heterocycles. The van der Waals surface area contributed by atoms with Crippen LogP contribution in [0.2, 0.25) is 0 Å². The minimum atomic E-state index is -0.667. The summed E-state index contributed by atoms with van der Waals surface area (Å²) in [6.45, 7) is 5.51. The highest BCUT2D eigenvalue weighted by atomic mass is 35.5. The van der Waals surface area contributed by atoms with Crippen LogP contribution in [0.3, 0.4) is 0 Å². The lowest BCUT2D eigenvalue weighted by Crippen LogP contribution is -2.39. The number of thioether (sulfide) groups is 1. The molecule has 0 rings (SSSR count). The molecule has 2 N–H and O–H groups in total. The van der Waals surface area contributed by atoms with E-state index in [2.05, 4.69) is 0 Å². The van der Waals surface area contributed by atoms with Gasteiger partial charge in [0.15, 0.2) is 0 Å². The van der Waals surface area contributed by atoms with E-state index in [1.807, 2.05) is 6.92 Å². The molecule has 0 aromatic heterocycles. The molecule has 11 heavy (non-hydrogen) atoms. The van der Waals surface area contributed by atoms with Crippen molar-refractivity contribution < 1.29 is 4.79 Å². The number of hydrogen-bond acceptors (Lipinski definition) is 3. The zero-order valence-corrected chi connectivity index (χ0v) is 8.85. The van der Waals surface area contributed by atoms with E-state index in [-0.39, 0.29) is 17.5 Å². The van der Waals surface area contributed by atoms with Gasteiger partial charge in [0.1, 0.15) is 0 Å². The highest BCUT2D eigenvalue weighted by Crippen LogP contribution is 2.12. The van der Waals surface area contributed by atoms with Crippen molar-refractivity contribution in [2.45, 2.75) is 32.7 Å². The van der Waals surface area contributed by atoms with Gasteiger partial charge in [0.2, 0.25) is 5.12 Å². The Kier molecular flexibility index (Phi) is 7.37. The Balaban J connectivity index is 0. The van der Waals surface area contributed by atoms with Crippen LogP contribution in [-0.4, -0.2) is 16.4 Å². The maximum Gasteiger partial charge on any atom is 0.208 e. The Morgan fingerprint density at radius 3 is 2.27 bits per heavy atom. The lowest BCUT2D eigenvalue weighted by Gasteiger charge is -2.14. The van der Waals surface area contributed by atoms with E-state index in [0.29, 0.717) is 0 Å². The summed E-state index contributed by atoms with van der Waals surface area (Å²) in [5.41, 5.74) is 4.88. The molecule has 0 bridgehead atoms. The third-order valence-electron chi connectivity index (χ3n) is 0.963. The number of rotatable bonds is 3. The summed E-state index contributed by atoms with van der Waals surface area (Å²) in [5.74, 6) is 0.874. The van der Waals surface area contributed by atoms with E-state index in [1.165, 1.54) is 11.8 Å². The van der Waals surface area contributed by atoms with Crippen LogP contribution in [0.5, 0.6) is 0 Å². The summed E-state index contributed by atoms with van der Waals surface area (Å²) in [7, 11) is 0. The molecular weight excluding hydrogens is 182 g/mol. The molecule has 4 heteroatoms. The molecule has 0 aromatic rings. The number of halogens is 1. The van der Waals surface area contributed by atoms with Gasteiger partial charge in [0, 0.05) is 5.75 Å². The third-order valence-corrected chi connectivity index (χ3v) is 2.36. The van der Waals surface area contributed by atoms with Crippen LogP contribution in [0.25, 0.3) is 0 Å². The third kappa shape index (κ3) is 6.66. The number of nitrogens with two attached hydrogens (primary N) is 1. The van der Waals surface area contributed by atoms with Gasteiger partial charge < -0.3 is 5.73 Å². The molecule has 0 aliphatic rings. The molecule has 0 fully saturated rings. The van der Waals surface area contributed by atoms with E-state index in [9.17, 15) is 4.79 Å². The molecule has 0 radical (unpaired) electrons. The Bertz CT molecular complexity index is 122. The first-order valence-electron chi connectivity index (χ1n) is 3.44. The summed E-state index contributed by atoms with van der Waals surface area (Å²) in [6, 6.07) is 0. The fourth-order valence-electron chi connectivity index (χ4n) is 0.381. The lowest BCUT2D eigenvalue weighted by atomic mass is 10.1. The van der Waals surface area contributed by atoms with Crippen LogP contribution in [0.1, 0.15) is 27.2 Å². The minimum absolute atomic E-state index is 0. The average molecular weight is 198 g/mol. The van der Waals surface area contributed by atoms with Crippen molar-refractivity contribution in [3.63, 3.8) is 0 Å². The topological polar surface area (TPSA) is 43.1 Å². The van der Waals surface area contributed by atoms with Crippen LogP contribution in [0.15, 0.2) is 0 Å². The normalized spacial score (nSPS) is 10.5. The predicted molar refractivity (Wildman–Crippen MR) is 53.3 cm³/mol. The number of hydrogen-bond donors (Lipinski definition) is 1. The van der Waals surface area contributed by atoms with E-state index in [4.69, 9.17) is 5.73 Å². The maximum absolute atomic E-state index is 11.1. The van der Waals surface area contributed by atoms with Crippen molar-refractivity contribution in [2.24, 2.45) is 5.73 Å². The molecule has 0 unspecified atom stereocenters. The van der Waals surface area contributed by atoms with Crippen LogP contribution in [0.4, 0.5) is 0 Å². The lowest BCUT2D eigenvalue weighted by molar-refractivity contribution is -0.114. The van der Waals surface area contributed by atoms with Gasteiger partial charge in [0.25, 0.3) is 0 Å². The molecule has 0 aliphatic carbocycles. The summed E-state index contributed by atoms with van der Waals surface area (Å²) in [4.78, 5) is 11.1. The molecule has 0 amide bonds. The van der Waals surface area contributed by atoms with Crippen LogP contribution >= 0.6 is 24.2 Å². The van der Waals surface area contributed by atoms with Gasteiger partial charge in [-0.3, -0.25) is 4.79 Å². The Morgan fingerprint density at radius 1 is 1.55 bits per heavy atom. The Morgan fingerprint density at radius 2 is 2.00 bits per heavy atom. The molecule has 68 valence electrons. The van der Waals surface area contributed by atoms with Crippen LogP contribution in [-0.2, 0) is 4.79 Å². The second-order valence-corrected chi connectivity index (χ2v) is 3.93. The van der Waals surface area contributed by atoms with Crippen molar-refractivity contribution >= 4 is 29.3 Å². The van der Waals surface area contributed by atoms with E-state index >= 15 is 0 Å². The first-order valence-corrected chi connectivity index (χ1v) is 4.43.